The first kappa shape index (κ1) is 21.5. The highest BCUT2D eigenvalue weighted by Gasteiger charge is 2.30. The molecule has 26 heavy (non-hydrogen) atoms. The van der Waals surface area contributed by atoms with E-state index in [0.717, 1.165) is 28.0 Å². The summed E-state index contributed by atoms with van der Waals surface area (Å²) in [4.78, 5) is 10.9. The minimum atomic E-state index is 0. The number of halogens is 3. The summed E-state index contributed by atoms with van der Waals surface area (Å²) in [6.07, 6.45) is 7.04. The van der Waals surface area contributed by atoms with Crippen molar-refractivity contribution in [2.24, 2.45) is 5.92 Å². The van der Waals surface area contributed by atoms with Crippen LogP contribution in [0, 0.1) is 5.92 Å². The topological polar surface area (TPSA) is 44.0 Å². The number of nitrogens with one attached hydrogen (secondary N) is 2. The first-order valence-electron chi connectivity index (χ1n) is 9.05. The Bertz CT molecular complexity index is 668. The number of hydrogen-bond acceptors (Lipinski definition) is 3. The van der Waals surface area contributed by atoms with Gasteiger partial charge in [0, 0.05) is 11.6 Å². The van der Waals surface area contributed by atoms with Crippen LogP contribution in [0.25, 0.3) is 11.3 Å². The Morgan fingerprint density at radius 1 is 1.08 bits per heavy atom. The molecule has 1 aromatic carbocycles. The number of aromatic nitrogens is 2. The summed E-state index contributed by atoms with van der Waals surface area (Å²) in [5.41, 5.74) is 2.22. The zero-order chi connectivity index (χ0) is 16.4. The maximum absolute atomic E-state index is 5.98. The predicted octanol–water partition coefficient (Wildman–Crippen LogP) is 4.71. The average Bonchev–Trinajstić information content (AvgIpc) is 3.25. The smallest absolute Gasteiger partial charge is 0.123 e. The van der Waals surface area contributed by atoms with Gasteiger partial charge in [0.1, 0.15) is 5.82 Å². The molecule has 4 nitrogen and oxygen atoms in total. The molecule has 0 saturated carbocycles. The number of aromatic amines is 1. The molecule has 2 aromatic rings. The lowest BCUT2D eigenvalue weighted by molar-refractivity contribution is 0.188. The van der Waals surface area contributed by atoms with Crippen molar-refractivity contribution in [1.82, 2.24) is 20.2 Å². The molecule has 1 aromatic heterocycles. The highest BCUT2D eigenvalue weighted by molar-refractivity contribution is 6.30. The lowest BCUT2D eigenvalue weighted by Crippen LogP contribution is -2.36. The van der Waals surface area contributed by atoms with Gasteiger partial charge in [0.15, 0.2) is 0 Å². The van der Waals surface area contributed by atoms with Crippen molar-refractivity contribution in [1.29, 1.82) is 0 Å². The number of nitrogens with zero attached hydrogens (tertiary/aromatic N) is 2. The Labute approximate surface area is 172 Å². The van der Waals surface area contributed by atoms with Crippen molar-refractivity contribution in [3.8, 4) is 11.3 Å². The van der Waals surface area contributed by atoms with Crippen molar-refractivity contribution in [2.75, 3.05) is 26.2 Å². The van der Waals surface area contributed by atoms with Gasteiger partial charge in [0.05, 0.1) is 17.9 Å². The van der Waals surface area contributed by atoms with Gasteiger partial charge in [-0.3, -0.25) is 4.90 Å². The molecule has 2 fully saturated rings. The molecule has 2 aliphatic heterocycles. The molecular weight excluding hydrogens is 391 g/mol. The van der Waals surface area contributed by atoms with Crippen LogP contribution in [-0.4, -0.2) is 41.0 Å². The van der Waals surface area contributed by atoms with Crippen LogP contribution in [0.5, 0.6) is 0 Å². The van der Waals surface area contributed by atoms with E-state index in [0.29, 0.717) is 6.04 Å². The normalized spacial score (nSPS) is 21.2. The van der Waals surface area contributed by atoms with Crippen LogP contribution >= 0.6 is 36.4 Å². The number of likely N-dealkylation sites (tertiary alicyclic amines) is 1. The maximum atomic E-state index is 5.98. The molecule has 7 heteroatoms. The van der Waals surface area contributed by atoms with Crippen molar-refractivity contribution < 1.29 is 0 Å². The van der Waals surface area contributed by atoms with Gasteiger partial charge in [0.2, 0.25) is 0 Å². The van der Waals surface area contributed by atoms with E-state index in [1.807, 2.05) is 30.5 Å². The van der Waals surface area contributed by atoms with Gasteiger partial charge in [-0.05, 0) is 68.9 Å². The maximum Gasteiger partial charge on any atom is 0.123 e. The van der Waals surface area contributed by atoms with Gasteiger partial charge in [0.25, 0.3) is 0 Å². The number of H-pyrrole nitrogens is 1. The lowest BCUT2D eigenvalue weighted by Gasteiger charge is -2.30. The third kappa shape index (κ3) is 4.93. The molecule has 0 radical (unpaired) electrons. The van der Waals surface area contributed by atoms with E-state index in [9.17, 15) is 0 Å². The second kappa shape index (κ2) is 9.95. The van der Waals surface area contributed by atoms with Gasteiger partial charge in [-0.15, -0.1) is 24.8 Å². The van der Waals surface area contributed by atoms with Crippen LogP contribution in [0.1, 0.15) is 37.5 Å². The van der Waals surface area contributed by atoms with Crippen LogP contribution in [0.2, 0.25) is 5.02 Å². The van der Waals surface area contributed by atoms with Crippen molar-refractivity contribution in [3.05, 3.63) is 41.3 Å². The molecule has 1 atom stereocenters. The summed E-state index contributed by atoms with van der Waals surface area (Å²) in [6.45, 7) is 4.75. The first-order chi connectivity index (χ1) is 11.8. The van der Waals surface area contributed by atoms with Gasteiger partial charge >= 0.3 is 0 Å². The molecule has 0 bridgehead atoms. The largest absolute Gasteiger partial charge is 0.341 e. The van der Waals surface area contributed by atoms with Gasteiger partial charge in [-0.2, -0.15) is 0 Å². The molecule has 2 aliphatic rings. The van der Waals surface area contributed by atoms with Crippen LogP contribution in [0.3, 0.4) is 0 Å². The van der Waals surface area contributed by atoms with Crippen LogP contribution in [0.4, 0.5) is 0 Å². The molecule has 4 rings (SSSR count). The number of benzene rings is 1. The summed E-state index contributed by atoms with van der Waals surface area (Å²) in [5, 5.41) is 4.23. The van der Waals surface area contributed by atoms with Gasteiger partial charge in [-0.1, -0.05) is 23.7 Å². The molecule has 3 heterocycles. The van der Waals surface area contributed by atoms with E-state index in [1.165, 1.54) is 51.9 Å². The number of piperidine rings is 1. The Morgan fingerprint density at radius 2 is 1.81 bits per heavy atom. The Hall–Kier alpha value is -0.780. The summed E-state index contributed by atoms with van der Waals surface area (Å²) >= 11 is 5.98. The highest BCUT2D eigenvalue weighted by Crippen LogP contribution is 2.33. The van der Waals surface area contributed by atoms with E-state index in [2.05, 4.69) is 15.2 Å². The van der Waals surface area contributed by atoms with E-state index in [-0.39, 0.29) is 24.8 Å². The second-order valence-electron chi connectivity index (χ2n) is 7.04. The second-order valence-corrected chi connectivity index (χ2v) is 7.47. The number of imidazole rings is 1. The Morgan fingerprint density at radius 3 is 2.54 bits per heavy atom. The Balaban J connectivity index is 0.00000121. The summed E-state index contributed by atoms with van der Waals surface area (Å²) in [6, 6.07) is 8.38. The monoisotopic (exact) mass is 416 g/mol. The fraction of sp³-hybridized carbons (Fsp3) is 0.526. The molecule has 0 spiro atoms. The molecule has 2 saturated heterocycles. The zero-order valence-corrected chi connectivity index (χ0v) is 17.2. The SMILES string of the molecule is Cl.Cl.Clc1ccc(-c2cnc(C3CCCN3CC3CCNCC3)[nH]2)cc1. The molecule has 0 aliphatic carbocycles. The van der Waals surface area contributed by atoms with Crippen LogP contribution in [-0.2, 0) is 0 Å². The molecule has 2 N–H and O–H groups in total. The van der Waals surface area contributed by atoms with Crippen molar-refractivity contribution >= 4 is 36.4 Å². The van der Waals surface area contributed by atoms with Gasteiger partial charge < -0.3 is 10.3 Å². The Kier molecular flexibility index (Phi) is 8.24. The quantitative estimate of drug-likeness (QED) is 0.757. The number of hydrogen-bond donors (Lipinski definition) is 2. The molecule has 0 amide bonds. The summed E-state index contributed by atoms with van der Waals surface area (Å²) in [7, 11) is 0. The van der Waals surface area contributed by atoms with Crippen molar-refractivity contribution in [3.63, 3.8) is 0 Å². The molecular formula is C19H27Cl3N4. The average molecular weight is 418 g/mol. The standard InChI is InChI=1S/C19H25ClN4.2ClH/c20-16-5-3-15(4-6-16)17-12-22-19(23-17)18-2-1-11-24(18)13-14-7-9-21-10-8-14;;/h3-6,12,14,18,21H,1-2,7-11,13H2,(H,22,23);2*1H. The third-order valence-electron chi connectivity index (χ3n) is 5.38. The fourth-order valence-electron chi connectivity index (χ4n) is 4.03. The fourth-order valence-corrected chi connectivity index (χ4v) is 4.16. The summed E-state index contributed by atoms with van der Waals surface area (Å²) in [5.74, 6) is 1.95. The van der Waals surface area contributed by atoms with E-state index < -0.39 is 0 Å². The van der Waals surface area contributed by atoms with Crippen LogP contribution < -0.4 is 5.32 Å². The predicted molar refractivity (Wildman–Crippen MR) is 113 cm³/mol. The lowest BCUT2D eigenvalue weighted by atomic mass is 9.97. The summed E-state index contributed by atoms with van der Waals surface area (Å²) < 4.78 is 0. The zero-order valence-electron chi connectivity index (χ0n) is 14.8. The van der Waals surface area contributed by atoms with Gasteiger partial charge in [-0.25, -0.2) is 4.98 Å². The minimum Gasteiger partial charge on any atom is -0.341 e. The van der Waals surface area contributed by atoms with E-state index in [4.69, 9.17) is 16.6 Å². The first-order valence-corrected chi connectivity index (χ1v) is 9.43. The molecule has 144 valence electrons. The number of rotatable bonds is 4. The van der Waals surface area contributed by atoms with Crippen LogP contribution in [0.15, 0.2) is 30.5 Å². The molecule has 1 unspecified atom stereocenters. The highest BCUT2D eigenvalue weighted by atomic mass is 35.5. The minimum absolute atomic E-state index is 0. The third-order valence-corrected chi connectivity index (χ3v) is 5.63. The van der Waals surface area contributed by atoms with E-state index in [1.54, 1.807) is 0 Å². The van der Waals surface area contributed by atoms with Crippen molar-refractivity contribution in [2.45, 2.75) is 31.7 Å². The van der Waals surface area contributed by atoms with E-state index >= 15 is 0 Å².